The molecule has 1 N–H and O–H groups in total. The van der Waals surface area contributed by atoms with Gasteiger partial charge in [0, 0.05) is 11.1 Å². The molecule has 1 aromatic heterocycles. The zero-order valence-electron chi connectivity index (χ0n) is 11.7. The van der Waals surface area contributed by atoms with E-state index >= 15 is 0 Å². The van der Waals surface area contributed by atoms with E-state index < -0.39 is 0 Å². The average Bonchev–Trinajstić information content (AvgIpc) is 2.85. The maximum absolute atomic E-state index is 6.35. The molecule has 1 atom stereocenters. The van der Waals surface area contributed by atoms with Crippen molar-refractivity contribution in [2.24, 2.45) is 0 Å². The van der Waals surface area contributed by atoms with Crippen molar-refractivity contribution < 1.29 is 9.15 Å². The second kappa shape index (κ2) is 6.53. The van der Waals surface area contributed by atoms with Crippen LogP contribution in [0.15, 0.2) is 28.7 Å². The Kier molecular flexibility index (Phi) is 4.97. The van der Waals surface area contributed by atoms with Crippen LogP contribution in [0, 0.1) is 6.92 Å². The molecule has 1 heterocycles. The number of nitrogens with one attached hydrogen (secondary N) is 1. The highest BCUT2D eigenvalue weighted by molar-refractivity contribution is 6.34. The Balaban J connectivity index is 2.46. The summed E-state index contributed by atoms with van der Waals surface area (Å²) in [7, 11) is 1.56. The first-order chi connectivity index (χ1) is 9.56. The Morgan fingerprint density at radius 3 is 2.55 bits per heavy atom. The molecular formula is C15H17Cl2NO2. The maximum atomic E-state index is 6.35. The van der Waals surface area contributed by atoms with Crippen LogP contribution in [0.2, 0.25) is 10.0 Å². The Morgan fingerprint density at radius 1 is 1.25 bits per heavy atom. The van der Waals surface area contributed by atoms with E-state index in [1.165, 1.54) is 0 Å². The van der Waals surface area contributed by atoms with E-state index in [4.69, 9.17) is 32.4 Å². The largest absolute Gasteiger partial charge is 0.495 e. The lowest BCUT2D eigenvalue weighted by molar-refractivity contribution is 0.413. The van der Waals surface area contributed by atoms with Gasteiger partial charge in [-0.05, 0) is 37.2 Å². The van der Waals surface area contributed by atoms with Crippen LogP contribution >= 0.6 is 23.2 Å². The molecule has 0 amide bonds. The number of rotatable bonds is 5. The van der Waals surface area contributed by atoms with Gasteiger partial charge in [-0.3, -0.25) is 0 Å². The summed E-state index contributed by atoms with van der Waals surface area (Å²) in [5.74, 6) is 2.23. The number of hydrogen-bond acceptors (Lipinski definition) is 3. The third-order valence-corrected chi connectivity index (χ3v) is 3.66. The normalized spacial score (nSPS) is 12.4. The molecule has 0 fully saturated rings. The molecule has 5 heteroatoms. The van der Waals surface area contributed by atoms with Gasteiger partial charge in [0.15, 0.2) is 0 Å². The number of ether oxygens (including phenoxy) is 1. The van der Waals surface area contributed by atoms with Crippen LogP contribution in [0.5, 0.6) is 5.75 Å². The zero-order valence-corrected chi connectivity index (χ0v) is 13.2. The second-order valence-electron chi connectivity index (χ2n) is 4.45. The number of furan rings is 1. The van der Waals surface area contributed by atoms with Gasteiger partial charge in [-0.15, -0.1) is 0 Å². The highest BCUT2D eigenvalue weighted by atomic mass is 35.5. The fourth-order valence-electron chi connectivity index (χ4n) is 2.10. The van der Waals surface area contributed by atoms with Gasteiger partial charge in [-0.1, -0.05) is 30.1 Å². The average molecular weight is 314 g/mol. The molecule has 108 valence electrons. The maximum Gasteiger partial charge on any atom is 0.138 e. The van der Waals surface area contributed by atoms with Crippen LogP contribution < -0.4 is 10.1 Å². The van der Waals surface area contributed by atoms with E-state index in [1.807, 2.05) is 32.0 Å². The molecule has 0 aliphatic carbocycles. The van der Waals surface area contributed by atoms with Crippen molar-refractivity contribution in [1.82, 2.24) is 5.32 Å². The Labute approximate surface area is 128 Å². The molecule has 0 spiro atoms. The topological polar surface area (TPSA) is 34.4 Å². The Morgan fingerprint density at radius 2 is 2.00 bits per heavy atom. The van der Waals surface area contributed by atoms with E-state index in [9.17, 15) is 0 Å². The standard InChI is InChI=1S/C15H17Cl2NO2/c1-4-18-15(13-6-5-9(2)20-13)10-7-12(17)14(19-3)8-11(10)16/h5-8,15,18H,4H2,1-3H3. The fourth-order valence-corrected chi connectivity index (χ4v) is 2.61. The van der Waals surface area contributed by atoms with Gasteiger partial charge in [-0.25, -0.2) is 0 Å². The minimum atomic E-state index is -0.135. The van der Waals surface area contributed by atoms with Gasteiger partial charge in [0.1, 0.15) is 17.3 Å². The lowest BCUT2D eigenvalue weighted by Gasteiger charge is -2.18. The van der Waals surface area contributed by atoms with E-state index in [0.717, 1.165) is 23.6 Å². The molecule has 3 nitrogen and oxygen atoms in total. The summed E-state index contributed by atoms with van der Waals surface area (Å²) >= 11 is 12.5. The monoisotopic (exact) mass is 313 g/mol. The molecule has 0 saturated carbocycles. The third kappa shape index (κ3) is 3.11. The quantitative estimate of drug-likeness (QED) is 0.875. The number of benzene rings is 1. The summed E-state index contributed by atoms with van der Waals surface area (Å²) in [6, 6.07) is 7.27. The van der Waals surface area contributed by atoms with E-state index in [2.05, 4.69) is 5.32 Å². The van der Waals surface area contributed by atoms with Gasteiger partial charge in [0.05, 0.1) is 18.2 Å². The Bertz CT molecular complexity index is 596. The number of aryl methyl sites for hydroxylation is 1. The first-order valence-electron chi connectivity index (χ1n) is 6.39. The summed E-state index contributed by atoms with van der Waals surface area (Å²) < 4.78 is 10.9. The highest BCUT2D eigenvalue weighted by Crippen LogP contribution is 2.36. The predicted octanol–water partition coefficient (Wildman–Crippen LogP) is 4.60. The van der Waals surface area contributed by atoms with Gasteiger partial charge in [0.2, 0.25) is 0 Å². The van der Waals surface area contributed by atoms with Crippen LogP contribution in [-0.2, 0) is 0 Å². The third-order valence-electron chi connectivity index (χ3n) is 3.04. The molecule has 0 bridgehead atoms. The molecule has 0 aliphatic rings. The van der Waals surface area contributed by atoms with Crippen LogP contribution in [0.1, 0.15) is 30.0 Å². The summed E-state index contributed by atoms with van der Waals surface area (Å²) in [5.41, 5.74) is 0.869. The number of methoxy groups -OCH3 is 1. The molecule has 20 heavy (non-hydrogen) atoms. The summed E-state index contributed by atoms with van der Waals surface area (Å²) in [6.07, 6.45) is 0. The second-order valence-corrected chi connectivity index (χ2v) is 5.26. The molecule has 0 saturated heterocycles. The molecule has 0 aliphatic heterocycles. The highest BCUT2D eigenvalue weighted by Gasteiger charge is 2.21. The van der Waals surface area contributed by atoms with Crippen molar-refractivity contribution in [1.29, 1.82) is 0 Å². The first-order valence-corrected chi connectivity index (χ1v) is 7.15. The van der Waals surface area contributed by atoms with Gasteiger partial charge in [0.25, 0.3) is 0 Å². The SMILES string of the molecule is CCNC(c1ccc(C)o1)c1cc(Cl)c(OC)cc1Cl. The fraction of sp³-hybridized carbons (Fsp3) is 0.333. The van der Waals surface area contributed by atoms with Gasteiger partial charge in [-0.2, -0.15) is 0 Å². The zero-order chi connectivity index (χ0) is 14.7. The molecule has 0 radical (unpaired) electrons. The van der Waals surface area contributed by atoms with E-state index in [0.29, 0.717) is 15.8 Å². The molecular weight excluding hydrogens is 297 g/mol. The molecule has 2 aromatic rings. The summed E-state index contributed by atoms with van der Waals surface area (Å²) in [6.45, 7) is 4.72. The minimum absolute atomic E-state index is 0.135. The van der Waals surface area contributed by atoms with Crippen molar-refractivity contribution in [2.75, 3.05) is 13.7 Å². The minimum Gasteiger partial charge on any atom is -0.495 e. The lowest BCUT2D eigenvalue weighted by Crippen LogP contribution is -2.22. The van der Waals surface area contributed by atoms with Crippen molar-refractivity contribution in [3.63, 3.8) is 0 Å². The molecule has 1 unspecified atom stereocenters. The number of hydrogen-bond donors (Lipinski definition) is 1. The lowest BCUT2D eigenvalue weighted by atomic mass is 10.0. The van der Waals surface area contributed by atoms with Crippen LogP contribution in [0.25, 0.3) is 0 Å². The van der Waals surface area contributed by atoms with Crippen LogP contribution in [0.4, 0.5) is 0 Å². The Hall–Kier alpha value is -1.16. The van der Waals surface area contributed by atoms with E-state index in [1.54, 1.807) is 13.2 Å². The van der Waals surface area contributed by atoms with Crippen LogP contribution in [0.3, 0.4) is 0 Å². The number of halogens is 2. The van der Waals surface area contributed by atoms with E-state index in [-0.39, 0.29) is 6.04 Å². The first kappa shape index (κ1) is 15.2. The van der Waals surface area contributed by atoms with Gasteiger partial charge >= 0.3 is 0 Å². The van der Waals surface area contributed by atoms with Crippen molar-refractivity contribution in [3.8, 4) is 5.75 Å². The van der Waals surface area contributed by atoms with Gasteiger partial charge < -0.3 is 14.5 Å². The predicted molar refractivity (Wildman–Crippen MR) is 82.0 cm³/mol. The van der Waals surface area contributed by atoms with Crippen molar-refractivity contribution >= 4 is 23.2 Å². The summed E-state index contributed by atoms with van der Waals surface area (Å²) in [4.78, 5) is 0. The summed E-state index contributed by atoms with van der Waals surface area (Å²) in [5, 5.41) is 4.47. The van der Waals surface area contributed by atoms with Crippen molar-refractivity contribution in [3.05, 3.63) is 51.4 Å². The smallest absolute Gasteiger partial charge is 0.138 e. The van der Waals surface area contributed by atoms with Crippen LogP contribution in [-0.4, -0.2) is 13.7 Å². The molecule has 1 aromatic carbocycles. The van der Waals surface area contributed by atoms with Crippen molar-refractivity contribution in [2.45, 2.75) is 19.9 Å². The molecule has 2 rings (SSSR count).